The van der Waals surface area contributed by atoms with Crippen molar-refractivity contribution in [2.45, 2.75) is 30.0 Å². The molecule has 0 aliphatic carbocycles. The van der Waals surface area contributed by atoms with Gasteiger partial charge >= 0.3 is 0 Å². The van der Waals surface area contributed by atoms with Crippen LogP contribution in [-0.4, -0.2) is 47.1 Å². The molecule has 2 aromatic rings. The Hall–Kier alpha value is -1.86. The fourth-order valence-electron chi connectivity index (χ4n) is 2.63. The van der Waals surface area contributed by atoms with Gasteiger partial charge in [0.1, 0.15) is 0 Å². The molecule has 1 aromatic heterocycles. The van der Waals surface area contributed by atoms with Crippen LogP contribution in [0, 0.1) is 6.92 Å². The molecule has 6 nitrogen and oxygen atoms in total. The molecule has 2 heterocycles. The summed E-state index contributed by atoms with van der Waals surface area (Å²) in [6.07, 6.45) is 0.999. The molecule has 1 atom stereocenters. The fourth-order valence-corrected chi connectivity index (χ4v) is 3.52. The van der Waals surface area contributed by atoms with Gasteiger partial charge in [0.2, 0.25) is 5.89 Å². The van der Waals surface area contributed by atoms with Gasteiger partial charge in [0.25, 0.3) is 5.91 Å². The molecule has 0 spiro atoms. The summed E-state index contributed by atoms with van der Waals surface area (Å²) in [4.78, 5) is 19.8. The highest BCUT2D eigenvalue weighted by molar-refractivity contribution is 7.98. The second kappa shape index (κ2) is 7.14. The number of thioether (sulfide) groups is 1. The normalized spacial score (nSPS) is 17.4. The van der Waals surface area contributed by atoms with Crippen molar-refractivity contribution in [3.63, 3.8) is 0 Å². The van der Waals surface area contributed by atoms with Crippen LogP contribution >= 0.6 is 11.8 Å². The van der Waals surface area contributed by atoms with Gasteiger partial charge in [-0.15, -0.1) is 11.8 Å². The molecule has 1 fully saturated rings. The highest BCUT2D eigenvalue weighted by Gasteiger charge is 2.25. The predicted octanol–water partition coefficient (Wildman–Crippen LogP) is 2.10. The smallest absolute Gasteiger partial charge is 0.255 e. The van der Waals surface area contributed by atoms with Gasteiger partial charge in [0, 0.05) is 24.5 Å². The summed E-state index contributed by atoms with van der Waals surface area (Å²) in [5.41, 5.74) is 0.725. The van der Waals surface area contributed by atoms with E-state index < -0.39 is 0 Å². The van der Waals surface area contributed by atoms with Gasteiger partial charge in [-0.1, -0.05) is 17.3 Å². The lowest BCUT2D eigenvalue weighted by molar-refractivity contribution is 0.0740. The second-order valence-corrected chi connectivity index (χ2v) is 6.60. The van der Waals surface area contributed by atoms with Crippen LogP contribution in [0.5, 0.6) is 0 Å². The lowest BCUT2D eigenvalue weighted by atomic mass is 10.1. The molecular formula is C16H20N4O2S. The van der Waals surface area contributed by atoms with Gasteiger partial charge in [-0.3, -0.25) is 4.79 Å². The van der Waals surface area contributed by atoms with Gasteiger partial charge in [0.15, 0.2) is 5.82 Å². The Morgan fingerprint density at radius 2 is 2.30 bits per heavy atom. The Labute approximate surface area is 139 Å². The summed E-state index contributed by atoms with van der Waals surface area (Å²) in [5.74, 6) is 1.81. The van der Waals surface area contributed by atoms with E-state index >= 15 is 0 Å². The van der Waals surface area contributed by atoms with Crippen LogP contribution in [0.4, 0.5) is 0 Å². The summed E-state index contributed by atoms with van der Waals surface area (Å²) < 4.78 is 5.13. The number of hydrogen-bond acceptors (Lipinski definition) is 6. The number of hydrogen-bond donors (Lipinski definition) is 1. The van der Waals surface area contributed by atoms with Crippen molar-refractivity contribution >= 4 is 17.7 Å². The second-order valence-electron chi connectivity index (χ2n) is 5.58. The summed E-state index contributed by atoms with van der Waals surface area (Å²) in [5, 5.41) is 7.08. The van der Waals surface area contributed by atoms with E-state index in [0.717, 1.165) is 30.0 Å². The number of aryl methyl sites for hydroxylation is 1. The summed E-state index contributed by atoms with van der Waals surface area (Å²) in [7, 11) is 1.88. The first kappa shape index (κ1) is 16.0. The van der Waals surface area contributed by atoms with E-state index in [0.29, 0.717) is 17.5 Å². The van der Waals surface area contributed by atoms with Crippen molar-refractivity contribution in [1.29, 1.82) is 0 Å². The van der Waals surface area contributed by atoms with Crippen molar-refractivity contribution < 1.29 is 9.32 Å². The minimum Gasteiger partial charge on any atom is -0.338 e. The van der Waals surface area contributed by atoms with Crippen molar-refractivity contribution in [3.05, 3.63) is 41.5 Å². The van der Waals surface area contributed by atoms with Crippen molar-refractivity contribution in [2.75, 3.05) is 20.1 Å². The Morgan fingerprint density at radius 1 is 1.48 bits per heavy atom. The van der Waals surface area contributed by atoms with Crippen LogP contribution in [0.1, 0.15) is 28.5 Å². The third-order valence-electron chi connectivity index (χ3n) is 3.94. The van der Waals surface area contributed by atoms with E-state index in [1.807, 2.05) is 36.2 Å². The number of amides is 1. The van der Waals surface area contributed by atoms with Crippen molar-refractivity contribution in [2.24, 2.45) is 0 Å². The highest BCUT2D eigenvalue weighted by atomic mass is 32.2. The van der Waals surface area contributed by atoms with E-state index in [1.165, 1.54) is 0 Å². The van der Waals surface area contributed by atoms with Crippen LogP contribution in [0.3, 0.4) is 0 Å². The zero-order chi connectivity index (χ0) is 16.2. The minimum atomic E-state index is 0.0588. The van der Waals surface area contributed by atoms with Crippen LogP contribution in [0.15, 0.2) is 33.7 Å². The van der Waals surface area contributed by atoms with Gasteiger partial charge in [-0.05, 0) is 32.0 Å². The number of nitrogens with one attached hydrogen (secondary N) is 1. The molecule has 0 saturated carbocycles. The number of benzene rings is 1. The number of rotatable bonds is 5. The topological polar surface area (TPSA) is 71.3 Å². The Morgan fingerprint density at radius 3 is 3.00 bits per heavy atom. The standard InChI is InChI=1S/C16H20N4O2S/c1-11-18-15(22-19-11)10-23-14-6-4-3-5-13(14)16(21)20(2)12-7-8-17-9-12/h3-6,12,17H,7-10H2,1-2H3. The average Bonchev–Trinajstić information content (AvgIpc) is 3.23. The van der Waals surface area contributed by atoms with Crippen molar-refractivity contribution in [3.8, 4) is 0 Å². The molecule has 1 saturated heterocycles. The molecule has 1 aliphatic rings. The first-order chi connectivity index (χ1) is 11.1. The van der Waals surface area contributed by atoms with E-state index in [1.54, 1.807) is 18.7 Å². The molecule has 1 aromatic carbocycles. The summed E-state index contributed by atoms with van der Waals surface area (Å²) in [6, 6.07) is 7.94. The molecule has 122 valence electrons. The van der Waals surface area contributed by atoms with Gasteiger partial charge in [-0.2, -0.15) is 4.98 Å². The Balaban J connectivity index is 1.72. The fraction of sp³-hybridized carbons (Fsp3) is 0.438. The van der Waals surface area contributed by atoms with Crippen LogP contribution in [-0.2, 0) is 5.75 Å². The molecule has 3 rings (SSSR count). The molecule has 23 heavy (non-hydrogen) atoms. The molecule has 0 bridgehead atoms. The van der Waals surface area contributed by atoms with Crippen molar-refractivity contribution in [1.82, 2.24) is 20.4 Å². The molecule has 1 aliphatic heterocycles. The maximum Gasteiger partial charge on any atom is 0.255 e. The number of nitrogens with zero attached hydrogens (tertiary/aromatic N) is 3. The van der Waals surface area contributed by atoms with Crippen LogP contribution in [0.25, 0.3) is 0 Å². The highest BCUT2D eigenvalue weighted by Crippen LogP contribution is 2.27. The largest absolute Gasteiger partial charge is 0.338 e. The lowest BCUT2D eigenvalue weighted by Gasteiger charge is -2.24. The number of carbonyl (C=O) groups excluding carboxylic acids is 1. The van der Waals surface area contributed by atoms with E-state index in [9.17, 15) is 4.79 Å². The zero-order valence-electron chi connectivity index (χ0n) is 13.3. The quantitative estimate of drug-likeness (QED) is 0.846. The third kappa shape index (κ3) is 3.73. The molecule has 1 unspecified atom stereocenters. The molecular weight excluding hydrogens is 312 g/mol. The predicted molar refractivity (Wildman–Crippen MR) is 88.4 cm³/mol. The first-order valence-corrected chi connectivity index (χ1v) is 8.62. The number of aromatic nitrogens is 2. The van der Waals surface area contributed by atoms with E-state index in [2.05, 4.69) is 15.5 Å². The van der Waals surface area contributed by atoms with E-state index in [-0.39, 0.29) is 11.9 Å². The maximum atomic E-state index is 12.8. The molecule has 0 radical (unpaired) electrons. The van der Waals surface area contributed by atoms with Gasteiger partial charge in [-0.25, -0.2) is 0 Å². The third-order valence-corrected chi connectivity index (χ3v) is 5.00. The van der Waals surface area contributed by atoms with Gasteiger partial charge < -0.3 is 14.7 Å². The SMILES string of the molecule is Cc1noc(CSc2ccccc2C(=O)N(C)C2CCNC2)n1. The number of likely N-dealkylation sites (N-methyl/N-ethyl adjacent to an activating group) is 1. The summed E-state index contributed by atoms with van der Waals surface area (Å²) >= 11 is 1.54. The monoisotopic (exact) mass is 332 g/mol. The Bertz CT molecular complexity index is 682. The van der Waals surface area contributed by atoms with Crippen LogP contribution in [0.2, 0.25) is 0 Å². The molecule has 7 heteroatoms. The first-order valence-electron chi connectivity index (χ1n) is 7.64. The minimum absolute atomic E-state index is 0.0588. The molecule has 1 amide bonds. The lowest BCUT2D eigenvalue weighted by Crippen LogP contribution is -2.38. The zero-order valence-corrected chi connectivity index (χ0v) is 14.1. The van der Waals surface area contributed by atoms with Crippen LogP contribution < -0.4 is 5.32 Å². The molecule has 1 N–H and O–H groups in total. The maximum absolute atomic E-state index is 12.8. The summed E-state index contributed by atoms with van der Waals surface area (Å²) in [6.45, 7) is 3.62. The average molecular weight is 332 g/mol. The van der Waals surface area contributed by atoms with Gasteiger partial charge in [0.05, 0.1) is 11.3 Å². The Kier molecular flexibility index (Phi) is 4.97. The van der Waals surface area contributed by atoms with E-state index in [4.69, 9.17) is 4.52 Å². The number of carbonyl (C=O) groups is 1.